The molecule has 0 saturated heterocycles. The minimum atomic E-state index is -0.436. The molecule has 0 spiro atoms. The minimum Gasteiger partial charge on any atom is -0.385 e. The van der Waals surface area contributed by atoms with E-state index < -0.39 is 5.41 Å². The highest BCUT2D eigenvalue weighted by atomic mass is 16.5. The average molecular weight is 185 g/mol. The lowest BCUT2D eigenvalue weighted by atomic mass is 9.86. The highest BCUT2D eigenvalue weighted by molar-refractivity contribution is 4.97. The Bertz CT molecular complexity index is 172. The first kappa shape index (κ1) is 12.4. The first-order chi connectivity index (χ1) is 6.08. The van der Waals surface area contributed by atoms with Crippen molar-refractivity contribution >= 4 is 0 Å². The molecule has 0 bridgehead atoms. The molecular weight excluding hydrogens is 166 g/mol. The number of hydrogen-bond acceptors (Lipinski definition) is 3. The van der Waals surface area contributed by atoms with Crippen molar-refractivity contribution in [1.82, 2.24) is 0 Å². The van der Waals surface area contributed by atoms with Crippen molar-refractivity contribution < 1.29 is 9.47 Å². The Morgan fingerprint density at radius 1 is 1.46 bits per heavy atom. The molecule has 0 radical (unpaired) electrons. The van der Waals surface area contributed by atoms with Gasteiger partial charge >= 0.3 is 0 Å². The summed E-state index contributed by atoms with van der Waals surface area (Å²) < 4.78 is 10.5. The maximum Gasteiger partial charge on any atom is 0.0779 e. The summed E-state index contributed by atoms with van der Waals surface area (Å²) in [6.07, 6.45) is 0.729. The summed E-state index contributed by atoms with van der Waals surface area (Å²) in [6, 6.07) is 2.25. The summed E-state index contributed by atoms with van der Waals surface area (Å²) in [6.45, 7) is 6.99. The van der Waals surface area contributed by atoms with Gasteiger partial charge in [0.15, 0.2) is 0 Å². The van der Waals surface area contributed by atoms with Crippen LogP contribution in [0.3, 0.4) is 0 Å². The smallest absolute Gasteiger partial charge is 0.0779 e. The van der Waals surface area contributed by atoms with Crippen molar-refractivity contribution in [3.05, 3.63) is 0 Å². The van der Waals surface area contributed by atoms with Crippen LogP contribution in [0.4, 0.5) is 0 Å². The van der Waals surface area contributed by atoms with E-state index in [-0.39, 0.29) is 6.10 Å². The number of nitriles is 1. The Morgan fingerprint density at radius 3 is 2.46 bits per heavy atom. The number of ether oxygens (including phenoxy) is 2. The Balaban J connectivity index is 4.16. The molecule has 0 aliphatic rings. The highest BCUT2D eigenvalue weighted by Crippen LogP contribution is 2.24. The van der Waals surface area contributed by atoms with E-state index in [2.05, 4.69) is 6.07 Å². The molecule has 0 saturated carbocycles. The number of rotatable bonds is 6. The zero-order valence-corrected chi connectivity index (χ0v) is 8.96. The van der Waals surface area contributed by atoms with Gasteiger partial charge in [-0.3, -0.25) is 0 Å². The number of hydrogen-bond donors (Lipinski definition) is 0. The van der Waals surface area contributed by atoms with Crippen molar-refractivity contribution in [3.8, 4) is 6.07 Å². The van der Waals surface area contributed by atoms with Gasteiger partial charge in [0.1, 0.15) is 0 Å². The van der Waals surface area contributed by atoms with Gasteiger partial charge in [0.2, 0.25) is 0 Å². The van der Waals surface area contributed by atoms with Crippen LogP contribution >= 0.6 is 0 Å². The predicted molar refractivity (Wildman–Crippen MR) is 51.3 cm³/mol. The largest absolute Gasteiger partial charge is 0.385 e. The van der Waals surface area contributed by atoms with E-state index in [1.165, 1.54) is 0 Å². The van der Waals surface area contributed by atoms with Crippen LogP contribution in [-0.4, -0.2) is 26.4 Å². The third kappa shape index (κ3) is 4.25. The molecule has 3 nitrogen and oxygen atoms in total. The molecule has 13 heavy (non-hydrogen) atoms. The Labute approximate surface area is 80.6 Å². The fourth-order valence-corrected chi connectivity index (χ4v) is 1.15. The van der Waals surface area contributed by atoms with Gasteiger partial charge in [-0.15, -0.1) is 0 Å². The summed E-state index contributed by atoms with van der Waals surface area (Å²) in [5.41, 5.74) is -0.436. The van der Waals surface area contributed by atoms with Gasteiger partial charge in [-0.1, -0.05) is 0 Å². The number of nitrogens with zero attached hydrogens (tertiary/aromatic N) is 1. The fraction of sp³-hybridized carbons (Fsp3) is 0.900. The molecule has 0 rings (SSSR count). The summed E-state index contributed by atoms with van der Waals surface area (Å²) in [5, 5.41) is 8.92. The second-order valence-corrected chi connectivity index (χ2v) is 3.56. The van der Waals surface area contributed by atoms with Crippen molar-refractivity contribution in [3.63, 3.8) is 0 Å². The van der Waals surface area contributed by atoms with Gasteiger partial charge in [-0.05, 0) is 27.2 Å². The minimum absolute atomic E-state index is 0.0394. The molecule has 0 aliphatic heterocycles. The van der Waals surface area contributed by atoms with E-state index in [1.54, 1.807) is 7.11 Å². The van der Waals surface area contributed by atoms with Gasteiger partial charge in [-0.2, -0.15) is 5.26 Å². The maximum absolute atomic E-state index is 8.92. The molecule has 1 unspecified atom stereocenters. The first-order valence-corrected chi connectivity index (χ1v) is 4.60. The van der Waals surface area contributed by atoms with E-state index in [0.29, 0.717) is 13.2 Å². The standard InChI is InChI=1S/C10H19NO2/c1-5-13-9(6-7-12-4)10(2,3)8-11/h9H,5-7H2,1-4H3. The lowest BCUT2D eigenvalue weighted by Crippen LogP contribution is -2.31. The van der Waals surface area contributed by atoms with Crippen molar-refractivity contribution in [2.45, 2.75) is 33.3 Å². The molecule has 0 aliphatic carbocycles. The van der Waals surface area contributed by atoms with E-state index >= 15 is 0 Å². The third-order valence-electron chi connectivity index (χ3n) is 2.05. The van der Waals surface area contributed by atoms with Gasteiger partial charge in [0.25, 0.3) is 0 Å². The summed E-state index contributed by atoms with van der Waals surface area (Å²) in [7, 11) is 1.66. The van der Waals surface area contributed by atoms with Crippen molar-refractivity contribution in [1.29, 1.82) is 5.26 Å². The van der Waals surface area contributed by atoms with Crippen LogP contribution in [0.25, 0.3) is 0 Å². The lowest BCUT2D eigenvalue weighted by molar-refractivity contribution is -0.0146. The molecule has 3 heteroatoms. The van der Waals surface area contributed by atoms with E-state index in [0.717, 1.165) is 6.42 Å². The Hall–Kier alpha value is -0.590. The van der Waals surface area contributed by atoms with Crippen LogP contribution < -0.4 is 0 Å². The quantitative estimate of drug-likeness (QED) is 0.635. The van der Waals surface area contributed by atoms with Gasteiger partial charge in [0.05, 0.1) is 17.6 Å². The Kier molecular flexibility index (Phi) is 5.68. The molecule has 76 valence electrons. The molecule has 0 aromatic heterocycles. The first-order valence-electron chi connectivity index (χ1n) is 4.60. The molecular formula is C10H19NO2. The molecule has 0 heterocycles. The average Bonchev–Trinajstić information content (AvgIpc) is 2.12. The monoisotopic (exact) mass is 185 g/mol. The van der Waals surface area contributed by atoms with Crippen LogP contribution in [-0.2, 0) is 9.47 Å². The van der Waals surface area contributed by atoms with Crippen molar-refractivity contribution in [2.24, 2.45) is 5.41 Å². The van der Waals surface area contributed by atoms with Crippen LogP contribution in [0.2, 0.25) is 0 Å². The summed E-state index contributed by atoms with van der Waals surface area (Å²) in [5.74, 6) is 0. The van der Waals surface area contributed by atoms with E-state index in [1.807, 2.05) is 20.8 Å². The summed E-state index contributed by atoms with van der Waals surface area (Å²) in [4.78, 5) is 0. The van der Waals surface area contributed by atoms with Crippen LogP contribution in [0.1, 0.15) is 27.2 Å². The van der Waals surface area contributed by atoms with E-state index in [9.17, 15) is 0 Å². The zero-order chi connectivity index (χ0) is 10.3. The lowest BCUT2D eigenvalue weighted by Gasteiger charge is -2.27. The van der Waals surface area contributed by atoms with Crippen LogP contribution in [0.5, 0.6) is 0 Å². The second kappa shape index (κ2) is 5.95. The number of methoxy groups -OCH3 is 1. The van der Waals surface area contributed by atoms with Gasteiger partial charge in [0, 0.05) is 20.3 Å². The second-order valence-electron chi connectivity index (χ2n) is 3.56. The third-order valence-corrected chi connectivity index (χ3v) is 2.05. The van der Waals surface area contributed by atoms with Gasteiger partial charge < -0.3 is 9.47 Å². The molecule has 0 aromatic rings. The molecule has 0 N–H and O–H groups in total. The molecule has 0 amide bonds. The van der Waals surface area contributed by atoms with Gasteiger partial charge in [-0.25, -0.2) is 0 Å². The van der Waals surface area contributed by atoms with Crippen LogP contribution in [0.15, 0.2) is 0 Å². The fourth-order valence-electron chi connectivity index (χ4n) is 1.15. The maximum atomic E-state index is 8.92. The van der Waals surface area contributed by atoms with E-state index in [4.69, 9.17) is 14.7 Å². The topological polar surface area (TPSA) is 42.2 Å². The predicted octanol–water partition coefficient (Wildman–Crippen LogP) is 1.98. The zero-order valence-electron chi connectivity index (χ0n) is 8.96. The Morgan fingerprint density at radius 2 is 2.08 bits per heavy atom. The normalized spacial score (nSPS) is 13.8. The highest BCUT2D eigenvalue weighted by Gasteiger charge is 2.29. The van der Waals surface area contributed by atoms with Crippen molar-refractivity contribution in [2.75, 3.05) is 20.3 Å². The van der Waals surface area contributed by atoms with Crippen LogP contribution in [0, 0.1) is 16.7 Å². The SMILES string of the molecule is CCOC(CCOC)C(C)(C)C#N. The molecule has 0 fully saturated rings. The summed E-state index contributed by atoms with van der Waals surface area (Å²) >= 11 is 0. The molecule has 1 atom stereocenters. The molecule has 0 aromatic carbocycles.